The molecule has 118 valence electrons. The number of carboxylic acids is 1. The van der Waals surface area contributed by atoms with E-state index in [0.29, 0.717) is 0 Å². The van der Waals surface area contributed by atoms with E-state index in [-0.39, 0.29) is 24.6 Å². The van der Waals surface area contributed by atoms with Crippen molar-refractivity contribution in [2.45, 2.75) is 64.8 Å². The van der Waals surface area contributed by atoms with Crippen LogP contribution in [0.5, 0.6) is 0 Å². The maximum absolute atomic E-state index is 12.6. The van der Waals surface area contributed by atoms with Crippen LogP contribution >= 0.6 is 0 Å². The second kappa shape index (κ2) is 6.89. The Hall–Kier alpha value is -0.620. The minimum absolute atomic E-state index is 0.0495. The Labute approximate surface area is 122 Å². The first kappa shape index (κ1) is 17.4. The van der Waals surface area contributed by atoms with E-state index >= 15 is 0 Å². The van der Waals surface area contributed by atoms with Crippen molar-refractivity contribution in [2.75, 3.05) is 12.3 Å². The van der Waals surface area contributed by atoms with Gasteiger partial charge in [0.2, 0.25) is 10.0 Å². The summed E-state index contributed by atoms with van der Waals surface area (Å²) in [6.45, 7) is 5.49. The molecule has 1 N–H and O–H groups in total. The van der Waals surface area contributed by atoms with Crippen molar-refractivity contribution in [1.82, 2.24) is 4.31 Å². The molecular formula is C14H27NO4S. The van der Waals surface area contributed by atoms with E-state index in [1.807, 2.05) is 20.8 Å². The zero-order valence-electron chi connectivity index (χ0n) is 12.8. The number of aliphatic carboxylic acids is 1. The van der Waals surface area contributed by atoms with Crippen molar-refractivity contribution in [1.29, 1.82) is 0 Å². The third-order valence-corrected chi connectivity index (χ3v) is 6.08. The van der Waals surface area contributed by atoms with Crippen LogP contribution in [0.3, 0.4) is 0 Å². The van der Waals surface area contributed by atoms with Crippen LogP contribution in [0.4, 0.5) is 0 Å². The summed E-state index contributed by atoms with van der Waals surface area (Å²) in [5, 5.41) is 8.79. The van der Waals surface area contributed by atoms with Gasteiger partial charge in [-0.3, -0.25) is 4.79 Å². The predicted molar refractivity (Wildman–Crippen MR) is 79.1 cm³/mol. The van der Waals surface area contributed by atoms with E-state index < -0.39 is 21.5 Å². The summed E-state index contributed by atoms with van der Waals surface area (Å²) in [5.74, 6) is -0.584. The van der Waals surface area contributed by atoms with Crippen molar-refractivity contribution in [3.63, 3.8) is 0 Å². The maximum Gasteiger partial charge on any atom is 0.304 e. The molecule has 0 aromatic carbocycles. The van der Waals surface area contributed by atoms with Crippen molar-refractivity contribution >= 4 is 16.0 Å². The Kier molecular flexibility index (Phi) is 6.01. The summed E-state index contributed by atoms with van der Waals surface area (Å²) < 4.78 is 26.5. The van der Waals surface area contributed by atoms with E-state index in [1.54, 1.807) is 0 Å². The molecule has 0 aromatic heterocycles. The minimum atomic E-state index is -3.41. The molecule has 1 saturated carbocycles. The number of carbonyl (C=O) groups is 1. The van der Waals surface area contributed by atoms with Gasteiger partial charge in [0, 0.05) is 12.1 Å². The van der Waals surface area contributed by atoms with E-state index in [2.05, 4.69) is 0 Å². The zero-order valence-corrected chi connectivity index (χ0v) is 13.6. The lowest BCUT2D eigenvalue weighted by Gasteiger charge is -2.35. The largest absolute Gasteiger partial charge is 0.481 e. The van der Waals surface area contributed by atoms with Gasteiger partial charge in [-0.2, -0.15) is 4.31 Å². The molecular weight excluding hydrogens is 278 g/mol. The molecule has 0 amide bonds. The van der Waals surface area contributed by atoms with Crippen molar-refractivity contribution in [3.05, 3.63) is 0 Å². The molecule has 5 nitrogen and oxygen atoms in total. The monoisotopic (exact) mass is 305 g/mol. The highest BCUT2D eigenvalue weighted by Gasteiger charge is 2.34. The molecule has 1 rings (SSSR count). The van der Waals surface area contributed by atoms with Gasteiger partial charge in [-0.1, -0.05) is 19.3 Å². The summed E-state index contributed by atoms with van der Waals surface area (Å²) in [6.07, 6.45) is 5.18. The quantitative estimate of drug-likeness (QED) is 0.818. The summed E-state index contributed by atoms with van der Waals surface area (Å²) >= 11 is 0. The molecule has 0 aliphatic heterocycles. The SMILES string of the molecule is CC(C)(C)N(CCC(=O)O)S(=O)(=O)CC1CCCCC1. The fourth-order valence-electron chi connectivity index (χ4n) is 2.83. The van der Waals surface area contributed by atoms with Gasteiger partial charge in [-0.05, 0) is 39.5 Å². The molecule has 0 saturated heterocycles. The lowest BCUT2D eigenvalue weighted by Crippen LogP contribution is -2.48. The third-order valence-electron chi connectivity index (χ3n) is 3.78. The van der Waals surface area contributed by atoms with Crippen LogP contribution in [0, 0.1) is 5.92 Å². The molecule has 1 aliphatic rings. The maximum atomic E-state index is 12.6. The molecule has 0 atom stereocenters. The average Bonchev–Trinajstić information content (AvgIpc) is 2.26. The standard InChI is InChI=1S/C14H27NO4S/c1-14(2,3)15(10-9-13(16)17)20(18,19)11-12-7-5-4-6-8-12/h12H,4-11H2,1-3H3,(H,16,17). The fraction of sp³-hybridized carbons (Fsp3) is 0.929. The predicted octanol–water partition coefficient (Wildman–Crippen LogP) is 2.47. The van der Waals surface area contributed by atoms with Gasteiger partial charge in [0.15, 0.2) is 0 Å². The molecule has 0 radical (unpaired) electrons. The summed E-state index contributed by atoms with van der Waals surface area (Å²) in [6, 6.07) is 0. The Morgan fingerprint density at radius 2 is 1.75 bits per heavy atom. The second-order valence-corrected chi connectivity index (χ2v) is 8.61. The highest BCUT2D eigenvalue weighted by Crippen LogP contribution is 2.28. The van der Waals surface area contributed by atoms with Crippen LogP contribution in [-0.4, -0.2) is 41.6 Å². The van der Waals surface area contributed by atoms with E-state index in [1.165, 1.54) is 10.7 Å². The van der Waals surface area contributed by atoms with Crippen LogP contribution in [0.1, 0.15) is 59.3 Å². The molecule has 0 bridgehead atoms. The molecule has 0 unspecified atom stereocenters. The number of rotatable bonds is 6. The lowest BCUT2D eigenvalue weighted by atomic mass is 9.91. The van der Waals surface area contributed by atoms with Gasteiger partial charge in [0.05, 0.1) is 12.2 Å². The first-order valence-electron chi connectivity index (χ1n) is 7.35. The van der Waals surface area contributed by atoms with Gasteiger partial charge in [0.1, 0.15) is 0 Å². The highest BCUT2D eigenvalue weighted by molar-refractivity contribution is 7.89. The number of hydrogen-bond acceptors (Lipinski definition) is 3. The van der Waals surface area contributed by atoms with Crippen molar-refractivity contribution in [3.8, 4) is 0 Å². The first-order valence-corrected chi connectivity index (χ1v) is 8.96. The van der Waals surface area contributed by atoms with Gasteiger partial charge in [-0.25, -0.2) is 8.42 Å². The van der Waals surface area contributed by atoms with Gasteiger partial charge in [0.25, 0.3) is 0 Å². The Bertz CT molecular complexity index is 419. The second-order valence-electron chi connectivity index (χ2n) is 6.67. The number of hydrogen-bond donors (Lipinski definition) is 1. The summed E-state index contributed by atoms with van der Waals surface area (Å²) in [5.41, 5.74) is -0.580. The van der Waals surface area contributed by atoms with Crippen LogP contribution < -0.4 is 0 Å². The van der Waals surface area contributed by atoms with Gasteiger partial charge < -0.3 is 5.11 Å². The van der Waals surface area contributed by atoms with Crippen molar-refractivity contribution in [2.24, 2.45) is 5.92 Å². The Balaban J connectivity index is 2.78. The number of nitrogens with zero attached hydrogens (tertiary/aromatic N) is 1. The summed E-state index contributed by atoms with van der Waals surface area (Å²) in [7, 11) is -3.41. The third kappa shape index (κ3) is 5.40. The zero-order chi connectivity index (χ0) is 15.4. The number of sulfonamides is 1. The van der Waals surface area contributed by atoms with Crippen LogP contribution in [0.25, 0.3) is 0 Å². The van der Waals surface area contributed by atoms with Crippen LogP contribution in [0.15, 0.2) is 0 Å². The molecule has 0 spiro atoms. The van der Waals surface area contributed by atoms with Crippen LogP contribution in [-0.2, 0) is 14.8 Å². The fourth-order valence-corrected chi connectivity index (χ4v) is 5.14. The van der Waals surface area contributed by atoms with E-state index in [9.17, 15) is 13.2 Å². The van der Waals surface area contributed by atoms with Gasteiger partial charge >= 0.3 is 5.97 Å². The average molecular weight is 305 g/mol. The molecule has 0 aromatic rings. The Morgan fingerprint density at radius 3 is 2.20 bits per heavy atom. The minimum Gasteiger partial charge on any atom is -0.481 e. The highest BCUT2D eigenvalue weighted by atomic mass is 32.2. The Morgan fingerprint density at radius 1 is 1.20 bits per heavy atom. The first-order chi connectivity index (χ1) is 9.13. The van der Waals surface area contributed by atoms with E-state index in [0.717, 1.165) is 25.7 Å². The summed E-state index contributed by atoms with van der Waals surface area (Å²) in [4.78, 5) is 10.7. The lowest BCUT2D eigenvalue weighted by molar-refractivity contribution is -0.137. The molecule has 0 heterocycles. The van der Waals surface area contributed by atoms with Crippen LogP contribution in [0.2, 0.25) is 0 Å². The van der Waals surface area contributed by atoms with Crippen molar-refractivity contribution < 1.29 is 18.3 Å². The topological polar surface area (TPSA) is 74.7 Å². The smallest absolute Gasteiger partial charge is 0.304 e. The van der Waals surface area contributed by atoms with E-state index in [4.69, 9.17) is 5.11 Å². The molecule has 6 heteroatoms. The molecule has 20 heavy (non-hydrogen) atoms. The number of carboxylic acid groups (broad SMARTS) is 1. The molecule has 1 fully saturated rings. The van der Waals surface area contributed by atoms with Gasteiger partial charge in [-0.15, -0.1) is 0 Å². The normalized spacial score (nSPS) is 18.4. The molecule has 1 aliphatic carbocycles.